The number of amides is 2. The predicted molar refractivity (Wildman–Crippen MR) is 76.6 cm³/mol. The SMILES string of the molecule is Nc1[nH]c(P(=O)(O)O)nc1C(=O)N=NC(=O)C1O[C@H](CO)[C@@H](O)[C@H]1O. The molecule has 4 atom stereocenters. The van der Waals surface area contributed by atoms with Gasteiger partial charge in [-0.2, -0.15) is 0 Å². The highest BCUT2D eigenvalue weighted by Crippen LogP contribution is 2.32. The Bertz CT molecular complexity index is 758. The molecule has 15 heteroatoms. The Morgan fingerprint density at radius 2 is 1.92 bits per heavy atom. The van der Waals surface area contributed by atoms with Crippen LogP contribution in [0.1, 0.15) is 10.5 Å². The maximum absolute atomic E-state index is 11.8. The molecule has 138 valence electrons. The molecule has 1 unspecified atom stereocenters. The molecule has 0 spiro atoms. The third-order valence-electron chi connectivity index (χ3n) is 3.22. The molecule has 0 radical (unpaired) electrons. The van der Waals surface area contributed by atoms with Crippen molar-refractivity contribution < 1.29 is 44.0 Å². The molecule has 1 fully saturated rings. The molecule has 0 saturated carbocycles. The summed E-state index contributed by atoms with van der Waals surface area (Å²) in [5.74, 6) is -3.00. The fourth-order valence-corrected chi connectivity index (χ4v) is 2.47. The lowest BCUT2D eigenvalue weighted by Gasteiger charge is -2.10. The van der Waals surface area contributed by atoms with Crippen LogP contribution in [-0.4, -0.2) is 77.9 Å². The first-order valence-electron chi connectivity index (χ1n) is 6.60. The van der Waals surface area contributed by atoms with Crippen LogP contribution < -0.4 is 11.3 Å². The van der Waals surface area contributed by atoms with Crippen molar-refractivity contribution in [3.8, 4) is 0 Å². The van der Waals surface area contributed by atoms with Crippen molar-refractivity contribution in [1.29, 1.82) is 0 Å². The van der Waals surface area contributed by atoms with Gasteiger partial charge in [0.1, 0.15) is 24.1 Å². The Hall–Kier alpha value is -2.06. The van der Waals surface area contributed by atoms with Crippen molar-refractivity contribution in [2.45, 2.75) is 24.4 Å². The quantitative estimate of drug-likeness (QED) is 0.199. The molecule has 2 heterocycles. The number of ether oxygens (including phenoxy) is 1. The Labute approximate surface area is 138 Å². The minimum Gasteiger partial charge on any atom is -0.394 e. The lowest BCUT2D eigenvalue weighted by Crippen LogP contribution is -2.36. The normalized spacial score (nSPS) is 27.1. The maximum Gasteiger partial charge on any atom is 0.391 e. The maximum atomic E-state index is 11.8. The summed E-state index contributed by atoms with van der Waals surface area (Å²) in [4.78, 5) is 46.7. The van der Waals surface area contributed by atoms with Crippen LogP contribution in [0, 0.1) is 0 Å². The number of imidazole rings is 1. The van der Waals surface area contributed by atoms with Crippen LogP contribution in [0.2, 0.25) is 0 Å². The van der Waals surface area contributed by atoms with Gasteiger partial charge < -0.3 is 40.6 Å². The molecule has 14 nitrogen and oxygen atoms in total. The minimum atomic E-state index is -4.79. The second-order valence-corrected chi connectivity index (χ2v) is 6.48. The van der Waals surface area contributed by atoms with Crippen LogP contribution >= 0.6 is 7.60 Å². The summed E-state index contributed by atoms with van der Waals surface area (Å²) in [5, 5.41) is 34.1. The highest BCUT2D eigenvalue weighted by molar-refractivity contribution is 7.59. The van der Waals surface area contributed by atoms with Gasteiger partial charge >= 0.3 is 13.5 Å². The lowest BCUT2D eigenvalue weighted by molar-refractivity contribution is -0.133. The van der Waals surface area contributed by atoms with E-state index in [4.69, 9.17) is 25.4 Å². The van der Waals surface area contributed by atoms with Gasteiger partial charge in [-0.05, 0) is 0 Å². The number of aromatic amines is 1. The molecule has 25 heavy (non-hydrogen) atoms. The summed E-state index contributed by atoms with van der Waals surface area (Å²) in [6.07, 6.45) is -6.07. The summed E-state index contributed by atoms with van der Waals surface area (Å²) in [7, 11) is -4.79. The summed E-state index contributed by atoms with van der Waals surface area (Å²) in [6, 6.07) is 0. The molecule has 1 aromatic heterocycles. The summed E-state index contributed by atoms with van der Waals surface area (Å²) in [6.45, 7) is -0.660. The van der Waals surface area contributed by atoms with Gasteiger partial charge in [-0.25, -0.2) is 4.98 Å². The molecule has 1 aliphatic rings. The van der Waals surface area contributed by atoms with Gasteiger partial charge in [0.05, 0.1) is 6.61 Å². The van der Waals surface area contributed by atoms with Gasteiger partial charge in [0.25, 0.3) is 5.91 Å². The third-order valence-corrected chi connectivity index (χ3v) is 3.99. The summed E-state index contributed by atoms with van der Waals surface area (Å²) < 4.78 is 15.9. The van der Waals surface area contributed by atoms with E-state index in [2.05, 4.69) is 15.2 Å². The molecule has 1 aliphatic heterocycles. The number of nitrogens with zero attached hydrogens (tertiary/aromatic N) is 3. The van der Waals surface area contributed by atoms with E-state index in [-0.39, 0.29) is 0 Å². The fourth-order valence-electron chi connectivity index (χ4n) is 1.98. The van der Waals surface area contributed by atoms with Crippen LogP contribution in [0.15, 0.2) is 10.2 Å². The van der Waals surface area contributed by atoms with E-state index < -0.39 is 67.5 Å². The van der Waals surface area contributed by atoms with Gasteiger partial charge in [0, 0.05) is 0 Å². The van der Waals surface area contributed by atoms with Crippen molar-refractivity contribution in [2.75, 3.05) is 12.3 Å². The number of aliphatic hydroxyl groups is 3. The van der Waals surface area contributed by atoms with Crippen LogP contribution in [0.5, 0.6) is 0 Å². The first-order chi connectivity index (χ1) is 11.6. The van der Waals surface area contributed by atoms with E-state index in [1.165, 1.54) is 0 Å². The van der Waals surface area contributed by atoms with Gasteiger partial charge in [-0.15, -0.1) is 10.2 Å². The Kier molecular flexibility index (Phi) is 5.43. The van der Waals surface area contributed by atoms with Crippen LogP contribution in [-0.2, 0) is 14.1 Å². The Morgan fingerprint density at radius 3 is 2.40 bits per heavy atom. The number of hydrogen-bond acceptors (Lipinski definition) is 9. The zero-order chi connectivity index (χ0) is 18.9. The average molecular weight is 379 g/mol. The summed E-state index contributed by atoms with van der Waals surface area (Å²) >= 11 is 0. The summed E-state index contributed by atoms with van der Waals surface area (Å²) in [5.41, 5.74) is 3.82. The van der Waals surface area contributed by atoms with Crippen LogP contribution in [0.3, 0.4) is 0 Å². The number of hydrogen-bond donors (Lipinski definition) is 7. The number of aliphatic hydroxyl groups excluding tert-OH is 3. The highest BCUT2D eigenvalue weighted by Gasteiger charge is 2.46. The standard InChI is InChI=1S/C10H14N5O9P/c11-7-3(12-10(13-7)25(21,22)23)8(19)14-15-9(20)6-5(18)4(17)2(1-16)24-6/h2,4-6,16-18H,1,11H2,(H,12,13)(H2,21,22,23)/t2-,4-,5-,6?/m1/s1. The average Bonchev–Trinajstić information content (AvgIpc) is 3.06. The number of carbonyl (C=O) groups excluding carboxylic acids is 2. The zero-order valence-electron chi connectivity index (χ0n) is 12.3. The van der Waals surface area contributed by atoms with Gasteiger partial charge in [0.15, 0.2) is 11.8 Å². The topological polar surface area (TPSA) is 241 Å². The predicted octanol–water partition coefficient (Wildman–Crippen LogP) is -3.60. The molecule has 0 aromatic carbocycles. The largest absolute Gasteiger partial charge is 0.394 e. The number of rotatable bonds is 4. The highest BCUT2D eigenvalue weighted by atomic mass is 31.2. The van der Waals surface area contributed by atoms with Gasteiger partial charge in [-0.1, -0.05) is 0 Å². The first kappa shape index (κ1) is 19.3. The van der Waals surface area contributed by atoms with E-state index in [1.54, 1.807) is 0 Å². The molecular weight excluding hydrogens is 365 g/mol. The lowest BCUT2D eigenvalue weighted by atomic mass is 10.1. The number of azo groups is 1. The molecule has 2 rings (SSSR count). The second kappa shape index (κ2) is 7.05. The van der Waals surface area contributed by atoms with Crippen LogP contribution in [0.4, 0.5) is 5.82 Å². The number of anilines is 1. The minimum absolute atomic E-state index is 0.498. The van der Waals surface area contributed by atoms with Crippen molar-refractivity contribution in [1.82, 2.24) is 9.97 Å². The molecule has 2 amide bonds. The van der Waals surface area contributed by atoms with Crippen molar-refractivity contribution >= 4 is 30.8 Å². The molecule has 0 bridgehead atoms. The molecule has 1 saturated heterocycles. The molecule has 8 N–H and O–H groups in total. The molecule has 0 aliphatic carbocycles. The van der Waals surface area contributed by atoms with Crippen LogP contribution in [0.25, 0.3) is 0 Å². The number of nitrogens with two attached hydrogens (primary N) is 1. The molecule has 1 aromatic rings. The monoisotopic (exact) mass is 379 g/mol. The van der Waals surface area contributed by atoms with Crippen molar-refractivity contribution in [3.05, 3.63) is 5.69 Å². The van der Waals surface area contributed by atoms with E-state index >= 15 is 0 Å². The number of nitrogens with one attached hydrogen (secondary N) is 1. The van der Waals surface area contributed by atoms with E-state index in [0.29, 0.717) is 0 Å². The number of carbonyl (C=O) groups is 2. The van der Waals surface area contributed by atoms with Gasteiger partial charge in [-0.3, -0.25) is 14.2 Å². The van der Waals surface area contributed by atoms with E-state index in [0.717, 1.165) is 0 Å². The Morgan fingerprint density at radius 1 is 1.28 bits per heavy atom. The second-order valence-electron chi connectivity index (χ2n) is 4.97. The number of nitrogen functional groups attached to an aromatic ring is 1. The van der Waals surface area contributed by atoms with Gasteiger partial charge in [0.2, 0.25) is 5.57 Å². The zero-order valence-corrected chi connectivity index (χ0v) is 13.1. The Balaban J connectivity index is 2.12. The van der Waals surface area contributed by atoms with Crippen molar-refractivity contribution in [2.24, 2.45) is 10.2 Å². The van der Waals surface area contributed by atoms with Crippen molar-refractivity contribution in [3.63, 3.8) is 0 Å². The van der Waals surface area contributed by atoms with E-state index in [9.17, 15) is 24.4 Å². The third kappa shape index (κ3) is 3.96. The number of aromatic nitrogens is 2. The first-order valence-corrected chi connectivity index (χ1v) is 8.21. The fraction of sp³-hybridized carbons (Fsp3) is 0.500. The number of H-pyrrole nitrogens is 1. The smallest absolute Gasteiger partial charge is 0.391 e. The van der Waals surface area contributed by atoms with E-state index in [1.807, 2.05) is 4.98 Å². The molecular formula is C10H14N5O9P.